The van der Waals surface area contributed by atoms with E-state index in [4.69, 9.17) is 25.4 Å². The molecule has 0 atom stereocenters. The highest BCUT2D eigenvalue weighted by atomic mass is 35.5. The van der Waals surface area contributed by atoms with Crippen LogP contribution in [0.3, 0.4) is 0 Å². The molecule has 8 heteroatoms. The number of nitrogens with zero attached hydrogens (tertiary/aromatic N) is 2. The van der Waals surface area contributed by atoms with Crippen molar-refractivity contribution in [2.24, 2.45) is 0 Å². The molecule has 0 radical (unpaired) electrons. The molecule has 166 valence electrons. The van der Waals surface area contributed by atoms with Crippen molar-refractivity contribution in [3.63, 3.8) is 0 Å². The van der Waals surface area contributed by atoms with Crippen molar-refractivity contribution in [3.8, 4) is 23.8 Å². The fraction of sp³-hybridized carbons (Fsp3) is 0.304. The molecule has 0 aliphatic rings. The maximum absolute atomic E-state index is 5.86. The van der Waals surface area contributed by atoms with Crippen molar-refractivity contribution in [2.75, 3.05) is 46.0 Å². The van der Waals surface area contributed by atoms with Gasteiger partial charge in [-0.3, -0.25) is 0 Å². The lowest BCUT2D eigenvalue weighted by Crippen LogP contribution is -2.09. The zero-order valence-corrected chi connectivity index (χ0v) is 17.7. The van der Waals surface area contributed by atoms with Gasteiger partial charge in [-0.15, -0.1) is 18.8 Å². The van der Waals surface area contributed by atoms with E-state index in [2.05, 4.69) is 21.2 Å². The Balaban J connectivity index is 0.00000240. The van der Waals surface area contributed by atoms with Gasteiger partial charge in [-0.25, -0.2) is 9.97 Å². The van der Waals surface area contributed by atoms with Crippen molar-refractivity contribution in [1.29, 1.82) is 0 Å². The number of rotatable bonds is 10. The molecule has 0 saturated carbocycles. The number of fused-ring (bicyclic) bond motifs is 1. The summed E-state index contributed by atoms with van der Waals surface area (Å²) in [6, 6.07) is 11.3. The first kappa shape index (κ1) is 26.0. The van der Waals surface area contributed by atoms with Crippen LogP contribution in [0.5, 0.6) is 11.5 Å². The van der Waals surface area contributed by atoms with Gasteiger partial charge in [0.05, 0.1) is 18.7 Å². The van der Waals surface area contributed by atoms with E-state index >= 15 is 0 Å². The highest BCUT2D eigenvalue weighted by Crippen LogP contribution is 2.35. The van der Waals surface area contributed by atoms with E-state index < -0.39 is 0 Å². The molecule has 0 fully saturated rings. The molecule has 0 saturated heterocycles. The quantitative estimate of drug-likeness (QED) is 0.364. The first-order valence-corrected chi connectivity index (χ1v) is 9.11. The molecule has 0 aliphatic heterocycles. The van der Waals surface area contributed by atoms with Crippen LogP contribution in [-0.4, -0.2) is 50.6 Å². The Bertz CT molecular complexity index is 1010. The van der Waals surface area contributed by atoms with Gasteiger partial charge in [-0.05, 0) is 24.3 Å². The topological polar surface area (TPSA) is 74.7 Å². The normalized spacial score (nSPS) is 9.84. The molecule has 0 amide bonds. The number of methoxy groups -OCH3 is 2. The minimum absolute atomic E-state index is 0. The lowest BCUT2D eigenvalue weighted by atomic mass is 10.2. The minimum Gasteiger partial charge on any atom is -0.487 e. The minimum atomic E-state index is 0. The summed E-state index contributed by atoms with van der Waals surface area (Å²) in [6.07, 6.45) is 6.99. The van der Waals surface area contributed by atoms with Crippen molar-refractivity contribution in [3.05, 3.63) is 48.3 Å². The van der Waals surface area contributed by atoms with Gasteiger partial charge >= 0.3 is 0 Å². The number of benzene rings is 2. The molecule has 3 aromatic rings. The molecular weight excluding hydrogens is 418 g/mol. The molecule has 0 bridgehead atoms. The van der Waals surface area contributed by atoms with Gasteiger partial charge < -0.3 is 24.3 Å². The standard InChI is InChI=1S/C22H23N3O4.CH4.ClH/c1-4-16-6-5-7-17(12-16)25-22-18-13-20(28-10-8-26-2)21(29-11-9-27-3)14-19(18)23-15-24-22;;/h1,5-7,12-15H,8-11H2,2-3H3,(H,23,24,25);1H4;1H. The molecular formula is C23H28ClN3O4. The van der Waals surface area contributed by atoms with Crippen molar-refractivity contribution < 1.29 is 18.9 Å². The van der Waals surface area contributed by atoms with Gasteiger partial charge in [0.1, 0.15) is 25.4 Å². The van der Waals surface area contributed by atoms with E-state index in [0.717, 1.165) is 22.2 Å². The van der Waals surface area contributed by atoms with Gasteiger partial charge in [-0.2, -0.15) is 0 Å². The maximum Gasteiger partial charge on any atom is 0.163 e. The van der Waals surface area contributed by atoms with Gasteiger partial charge in [0.15, 0.2) is 11.5 Å². The molecule has 1 heterocycles. The second kappa shape index (κ2) is 13.3. The number of hydrogen-bond acceptors (Lipinski definition) is 7. The number of aromatic nitrogens is 2. The molecule has 31 heavy (non-hydrogen) atoms. The summed E-state index contributed by atoms with van der Waals surface area (Å²) in [5, 5.41) is 4.10. The van der Waals surface area contributed by atoms with Gasteiger partial charge in [0.25, 0.3) is 0 Å². The number of halogens is 1. The van der Waals surface area contributed by atoms with Crippen LogP contribution in [0.2, 0.25) is 0 Å². The Labute approximate surface area is 189 Å². The average molecular weight is 446 g/mol. The van der Waals surface area contributed by atoms with Crippen LogP contribution >= 0.6 is 12.4 Å². The Hall–Kier alpha value is -3.05. The van der Waals surface area contributed by atoms with E-state index in [-0.39, 0.29) is 19.8 Å². The van der Waals surface area contributed by atoms with Crippen LogP contribution in [0, 0.1) is 12.3 Å². The van der Waals surface area contributed by atoms with Crippen molar-refractivity contribution >= 4 is 34.8 Å². The zero-order valence-electron chi connectivity index (χ0n) is 16.9. The summed E-state index contributed by atoms with van der Waals surface area (Å²) < 4.78 is 21.8. The second-order valence-corrected chi connectivity index (χ2v) is 6.07. The third-order valence-electron chi connectivity index (χ3n) is 4.08. The summed E-state index contributed by atoms with van der Waals surface area (Å²) in [4.78, 5) is 8.75. The largest absolute Gasteiger partial charge is 0.487 e. The number of terminal acetylenes is 1. The Morgan fingerprint density at radius 3 is 2.26 bits per heavy atom. The molecule has 3 rings (SSSR count). The van der Waals surface area contributed by atoms with Gasteiger partial charge in [0, 0.05) is 36.9 Å². The predicted octanol–water partition coefficient (Wildman–Crippen LogP) is 4.46. The van der Waals surface area contributed by atoms with Crippen LogP contribution in [0.1, 0.15) is 13.0 Å². The van der Waals surface area contributed by atoms with Crippen molar-refractivity contribution in [2.45, 2.75) is 7.43 Å². The monoisotopic (exact) mass is 445 g/mol. The second-order valence-electron chi connectivity index (χ2n) is 6.07. The third-order valence-corrected chi connectivity index (χ3v) is 4.08. The number of nitrogens with one attached hydrogen (secondary N) is 1. The first-order valence-electron chi connectivity index (χ1n) is 9.11. The Morgan fingerprint density at radius 2 is 1.61 bits per heavy atom. The molecule has 0 unspecified atom stereocenters. The van der Waals surface area contributed by atoms with E-state index in [1.807, 2.05) is 36.4 Å². The zero-order chi connectivity index (χ0) is 20.5. The van der Waals surface area contributed by atoms with E-state index in [0.29, 0.717) is 43.7 Å². The lowest BCUT2D eigenvalue weighted by molar-refractivity contribution is 0.132. The van der Waals surface area contributed by atoms with Crippen LogP contribution in [0.25, 0.3) is 10.9 Å². The third kappa shape index (κ3) is 7.00. The van der Waals surface area contributed by atoms with E-state index in [9.17, 15) is 0 Å². The fourth-order valence-electron chi connectivity index (χ4n) is 2.68. The molecule has 1 N–H and O–H groups in total. The number of hydrogen-bond donors (Lipinski definition) is 1. The number of anilines is 2. The SMILES string of the molecule is C.C#Cc1cccc(Nc2ncnc3cc(OCCOC)c(OCCOC)cc23)c1.Cl. The first-order chi connectivity index (χ1) is 14.2. The van der Waals surface area contributed by atoms with Crippen LogP contribution in [-0.2, 0) is 9.47 Å². The molecule has 0 aliphatic carbocycles. The van der Waals surface area contributed by atoms with Gasteiger partial charge in [0.2, 0.25) is 0 Å². The van der Waals surface area contributed by atoms with Crippen LogP contribution in [0.4, 0.5) is 11.5 Å². The molecule has 0 spiro atoms. The molecule has 2 aromatic carbocycles. The molecule has 1 aromatic heterocycles. The predicted molar refractivity (Wildman–Crippen MR) is 126 cm³/mol. The smallest absolute Gasteiger partial charge is 0.163 e. The van der Waals surface area contributed by atoms with Gasteiger partial charge in [-0.1, -0.05) is 19.4 Å². The van der Waals surface area contributed by atoms with E-state index in [1.54, 1.807) is 14.2 Å². The summed E-state index contributed by atoms with van der Waals surface area (Å²) in [5.74, 6) is 4.44. The summed E-state index contributed by atoms with van der Waals surface area (Å²) in [5.41, 5.74) is 2.34. The summed E-state index contributed by atoms with van der Waals surface area (Å²) in [6.45, 7) is 1.73. The Kier molecular flexibility index (Phi) is 11.1. The van der Waals surface area contributed by atoms with Crippen molar-refractivity contribution in [1.82, 2.24) is 9.97 Å². The highest BCUT2D eigenvalue weighted by Gasteiger charge is 2.13. The highest BCUT2D eigenvalue weighted by molar-refractivity contribution is 5.93. The van der Waals surface area contributed by atoms with Crippen LogP contribution in [0.15, 0.2) is 42.7 Å². The fourth-order valence-corrected chi connectivity index (χ4v) is 2.68. The maximum atomic E-state index is 5.86. The Morgan fingerprint density at radius 1 is 0.935 bits per heavy atom. The summed E-state index contributed by atoms with van der Waals surface area (Å²) in [7, 11) is 3.25. The number of ether oxygens (including phenoxy) is 4. The average Bonchev–Trinajstić information content (AvgIpc) is 2.75. The lowest BCUT2D eigenvalue weighted by Gasteiger charge is -2.15. The van der Waals surface area contributed by atoms with E-state index in [1.165, 1.54) is 6.33 Å². The molecule has 7 nitrogen and oxygen atoms in total. The summed E-state index contributed by atoms with van der Waals surface area (Å²) >= 11 is 0. The van der Waals surface area contributed by atoms with Crippen LogP contribution < -0.4 is 14.8 Å².